The van der Waals surface area contributed by atoms with Crippen LogP contribution in [0.5, 0.6) is 5.75 Å². The largest absolute Gasteiger partial charge is 0.497 e. The highest BCUT2D eigenvalue weighted by Crippen LogP contribution is 2.12. The van der Waals surface area contributed by atoms with Crippen LogP contribution in [0.2, 0.25) is 0 Å². The molecule has 0 aliphatic carbocycles. The van der Waals surface area contributed by atoms with Crippen LogP contribution in [-0.2, 0) is 19.6 Å². The summed E-state index contributed by atoms with van der Waals surface area (Å²) in [5.41, 5.74) is 3.33. The van der Waals surface area contributed by atoms with Crippen LogP contribution in [0.25, 0.3) is 0 Å². The maximum Gasteiger partial charge on any atom is 0.315 e. The van der Waals surface area contributed by atoms with Gasteiger partial charge >= 0.3 is 6.03 Å². The van der Waals surface area contributed by atoms with E-state index in [0.29, 0.717) is 13.1 Å². The smallest absolute Gasteiger partial charge is 0.315 e. The highest BCUT2D eigenvalue weighted by molar-refractivity contribution is 5.73. The van der Waals surface area contributed by atoms with E-state index in [1.807, 2.05) is 50.5 Å². The molecule has 0 saturated heterocycles. The number of amides is 2. The summed E-state index contributed by atoms with van der Waals surface area (Å²) in [4.78, 5) is 14.0. The molecular weight excluding hydrogens is 302 g/mol. The quantitative estimate of drug-likeness (QED) is 0.822. The molecular formula is C19H25N3O2. The third-order valence-electron chi connectivity index (χ3n) is 3.56. The average Bonchev–Trinajstić information content (AvgIpc) is 2.59. The van der Waals surface area contributed by atoms with Crippen molar-refractivity contribution in [1.29, 1.82) is 0 Å². The zero-order valence-corrected chi connectivity index (χ0v) is 14.5. The van der Waals surface area contributed by atoms with Gasteiger partial charge < -0.3 is 20.3 Å². The Morgan fingerprint density at radius 1 is 0.958 bits per heavy atom. The summed E-state index contributed by atoms with van der Waals surface area (Å²) in [6, 6.07) is 15.7. The molecule has 128 valence electrons. The Bertz CT molecular complexity index is 654. The number of nitrogens with zero attached hydrogens (tertiary/aromatic N) is 1. The molecule has 5 nitrogen and oxygen atoms in total. The van der Waals surface area contributed by atoms with Gasteiger partial charge in [0.2, 0.25) is 0 Å². The molecule has 0 saturated carbocycles. The minimum absolute atomic E-state index is 0.185. The van der Waals surface area contributed by atoms with Gasteiger partial charge in [-0.3, -0.25) is 0 Å². The van der Waals surface area contributed by atoms with Gasteiger partial charge in [-0.25, -0.2) is 4.79 Å². The fourth-order valence-corrected chi connectivity index (χ4v) is 2.34. The molecule has 24 heavy (non-hydrogen) atoms. The summed E-state index contributed by atoms with van der Waals surface area (Å²) in [6.45, 7) is 1.88. The van der Waals surface area contributed by atoms with Crippen LogP contribution >= 0.6 is 0 Å². The van der Waals surface area contributed by atoms with E-state index in [1.54, 1.807) is 7.11 Å². The standard InChI is InChI=1S/C19H25N3O2/c1-22(2)14-16-9-7-15(8-10-16)12-20-19(23)21-13-17-5-4-6-18(11-17)24-3/h4-11H,12-14H2,1-3H3,(H2,20,21,23). The van der Waals surface area contributed by atoms with Gasteiger partial charge in [0.15, 0.2) is 0 Å². The molecule has 5 heteroatoms. The lowest BCUT2D eigenvalue weighted by atomic mass is 10.1. The number of benzene rings is 2. The molecule has 2 N–H and O–H groups in total. The van der Waals surface area contributed by atoms with E-state index < -0.39 is 0 Å². The van der Waals surface area contributed by atoms with E-state index in [1.165, 1.54) is 5.56 Å². The van der Waals surface area contributed by atoms with Crippen LogP contribution in [0.15, 0.2) is 48.5 Å². The molecule has 0 radical (unpaired) electrons. The predicted octanol–water partition coefficient (Wildman–Crippen LogP) is 2.76. The van der Waals surface area contributed by atoms with Crippen LogP contribution in [0.3, 0.4) is 0 Å². The van der Waals surface area contributed by atoms with E-state index in [9.17, 15) is 4.79 Å². The monoisotopic (exact) mass is 327 g/mol. The number of methoxy groups -OCH3 is 1. The van der Waals surface area contributed by atoms with Gasteiger partial charge in [-0.05, 0) is 42.9 Å². The molecule has 0 aliphatic heterocycles. The van der Waals surface area contributed by atoms with Crippen molar-refractivity contribution in [2.45, 2.75) is 19.6 Å². The minimum atomic E-state index is -0.185. The zero-order valence-electron chi connectivity index (χ0n) is 14.5. The number of hydrogen-bond donors (Lipinski definition) is 2. The minimum Gasteiger partial charge on any atom is -0.497 e. The first-order chi connectivity index (χ1) is 11.6. The van der Waals surface area contributed by atoms with Gasteiger partial charge in [0, 0.05) is 19.6 Å². The highest BCUT2D eigenvalue weighted by Gasteiger charge is 2.02. The molecule has 0 fully saturated rings. The summed E-state index contributed by atoms with van der Waals surface area (Å²) in [5.74, 6) is 0.785. The van der Waals surface area contributed by atoms with E-state index >= 15 is 0 Å². The summed E-state index contributed by atoms with van der Waals surface area (Å²) in [5, 5.41) is 5.71. The van der Waals surface area contributed by atoms with Crippen LogP contribution in [-0.4, -0.2) is 32.1 Å². The lowest BCUT2D eigenvalue weighted by molar-refractivity contribution is 0.240. The normalized spacial score (nSPS) is 10.5. The molecule has 2 aromatic carbocycles. The third kappa shape index (κ3) is 5.93. The molecule has 0 aliphatic rings. The molecule has 0 spiro atoms. The van der Waals surface area contributed by atoms with Gasteiger partial charge in [0.05, 0.1) is 7.11 Å². The van der Waals surface area contributed by atoms with Crippen LogP contribution in [0.1, 0.15) is 16.7 Å². The van der Waals surface area contributed by atoms with Crippen LogP contribution in [0, 0.1) is 0 Å². The van der Waals surface area contributed by atoms with Crippen molar-refractivity contribution in [1.82, 2.24) is 15.5 Å². The SMILES string of the molecule is COc1cccc(CNC(=O)NCc2ccc(CN(C)C)cc2)c1. The van der Waals surface area contributed by atoms with Crippen molar-refractivity contribution in [3.63, 3.8) is 0 Å². The Kier molecular flexibility index (Phi) is 6.63. The van der Waals surface area contributed by atoms with Crippen LogP contribution < -0.4 is 15.4 Å². The first kappa shape index (κ1) is 17.8. The highest BCUT2D eigenvalue weighted by atomic mass is 16.5. The van der Waals surface area contributed by atoms with Crippen molar-refractivity contribution in [3.8, 4) is 5.75 Å². The van der Waals surface area contributed by atoms with E-state index in [0.717, 1.165) is 23.4 Å². The molecule has 0 unspecified atom stereocenters. The molecule has 0 bridgehead atoms. The van der Waals surface area contributed by atoms with Gasteiger partial charge in [0.1, 0.15) is 5.75 Å². The maximum absolute atomic E-state index is 11.9. The number of carbonyl (C=O) groups is 1. The molecule has 2 aromatic rings. The predicted molar refractivity (Wildman–Crippen MR) is 95.9 cm³/mol. The Hall–Kier alpha value is -2.53. The van der Waals surface area contributed by atoms with Crippen molar-refractivity contribution >= 4 is 6.03 Å². The van der Waals surface area contributed by atoms with Crippen molar-refractivity contribution < 1.29 is 9.53 Å². The zero-order chi connectivity index (χ0) is 17.4. The second kappa shape index (κ2) is 8.93. The molecule has 0 atom stereocenters. The summed E-state index contributed by atoms with van der Waals surface area (Å²) < 4.78 is 5.17. The molecule has 2 rings (SSSR count). The average molecular weight is 327 g/mol. The van der Waals surface area contributed by atoms with E-state index in [2.05, 4.69) is 27.7 Å². The first-order valence-electron chi connectivity index (χ1n) is 7.94. The second-order valence-corrected chi connectivity index (χ2v) is 5.94. The first-order valence-corrected chi connectivity index (χ1v) is 7.94. The molecule has 0 heterocycles. The van der Waals surface area contributed by atoms with Gasteiger partial charge in [-0.2, -0.15) is 0 Å². The third-order valence-corrected chi connectivity index (χ3v) is 3.56. The van der Waals surface area contributed by atoms with Gasteiger partial charge in [-0.15, -0.1) is 0 Å². The number of urea groups is 1. The molecule has 2 amide bonds. The van der Waals surface area contributed by atoms with Crippen molar-refractivity contribution in [3.05, 3.63) is 65.2 Å². The topological polar surface area (TPSA) is 53.6 Å². The van der Waals surface area contributed by atoms with E-state index in [4.69, 9.17) is 4.74 Å². The van der Waals surface area contributed by atoms with Gasteiger partial charge in [0.25, 0.3) is 0 Å². The van der Waals surface area contributed by atoms with Crippen molar-refractivity contribution in [2.75, 3.05) is 21.2 Å². The fourth-order valence-electron chi connectivity index (χ4n) is 2.34. The summed E-state index contributed by atoms with van der Waals surface area (Å²) in [7, 11) is 5.72. The summed E-state index contributed by atoms with van der Waals surface area (Å²) >= 11 is 0. The van der Waals surface area contributed by atoms with E-state index in [-0.39, 0.29) is 6.03 Å². The lowest BCUT2D eigenvalue weighted by Gasteiger charge is -2.11. The number of carbonyl (C=O) groups excluding carboxylic acids is 1. The van der Waals surface area contributed by atoms with Crippen LogP contribution in [0.4, 0.5) is 4.79 Å². The fraction of sp³-hybridized carbons (Fsp3) is 0.316. The van der Waals surface area contributed by atoms with Gasteiger partial charge in [-0.1, -0.05) is 36.4 Å². The second-order valence-electron chi connectivity index (χ2n) is 5.94. The number of hydrogen-bond acceptors (Lipinski definition) is 3. The Labute approximate surface area is 143 Å². The Morgan fingerprint density at radius 2 is 1.58 bits per heavy atom. The number of ether oxygens (including phenoxy) is 1. The Morgan fingerprint density at radius 3 is 2.21 bits per heavy atom. The Balaban J connectivity index is 1.76. The number of nitrogens with one attached hydrogen (secondary N) is 2. The lowest BCUT2D eigenvalue weighted by Crippen LogP contribution is -2.34. The summed E-state index contributed by atoms with van der Waals surface area (Å²) in [6.07, 6.45) is 0. The maximum atomic E-state index is 11.9. The van der Waals surface area contributed by atoms with Crippen molar-refractivity contribution in [2.24, 2.45) is 0 Å². The molecule has 0 aromatic heterocycles. The number of rotatable bonds is 7.